The van der Waals surface area contributed by atoms with Gasteiger partial charge in [-0.2, -0.15) is 0 Å². The zero-order valence-electron chi connectivity index (χ0n) is 10.6. The molecule has 16 heavy (non-hydrogen) atoms. The van der Waals surface area contributed by atoms with Crippen molar-refractivity contribution >= 4 is 5.78 Å². The molecule has 0 heterocycles. The molecule has 0 aromatic carbocycles. The Labute approximate surface area is 102 Å². The van der Waals surface area contributed by atoms with Gasteiger partial charge in [-0.1, -0.05) is 34.1 Å². The molecule has 1 aliphatic carbocycles. The van der Waals surface area contributed by atoms with E-state index in [1.54, 1.807) is 6.92 Å². The lowest BCUT2D eigenvalue weighted by atomic mass is 9.84. The van der Waals surface area contributed by atoms with Crippen LogP contribution in [-0.4, -0.2) is 11.8 Å². The number of ketones is 1. The SMILES string of the molecule is C.CC(=O)CC1CCC(N)CC1.CCCC. The van der Waals surface area contributed by atoms with Crippen molar-refractivity contribution in [2.75, 3.05) is 0 Å². The van der Waals surface area contributed by atoms with Crippen LogP contribution in [0, 0.1) is 5.92 Å². The number of unbranched alkanes of at least 4 members (excludes halogenated alkanes) is 1. The molecule has 1 saturated carbocycles. The van der Waals surface area contributed by atoms with E-state index >= 15 is 0 Å². The van der Waals surface area contributed by atoms with Crippen LogP contribution >= 0.6 is 0 Å². The quantitative estimate of drug-likeness (QED) is 0.797. The van der Waals surface area contributed by atoms with E-state index in [9.17, 15) is 4.79 Å². The maximum Gasteiger partial charge on any atom is 0.130 e. The minimum Gasteiger partial charge on any atom is -0.328 e. The summed E-state index contributed by atoms with van der Waals surface area (Å²) in [7, 11) is 0. The van der Waals surface area contributed by atoms with Gasteiger partial charge in [0.1, 0.15) is 5.78 Å². The Bertz CT molecular complexity index is 158. The second-order valence-electron chi connectivity index (χ2n) is 4.69. The Kier molecular flexibility index (Phi) is 12.5. The lowest BCUT2D eigenvalue weighted by molar-refractivity contribution is -0.118. The van der Waals surface area contributed by atoms with Gasteiger partial charge in [0.05, 0.1) is 0 Å². The normalized spacial score (nSPS) is 23.8. The first-order valence-electron chi connectivity index (χ1n) is 6.35. The summed E-state index contributed by atoms with van der Waals surface area (Å²) >= 11 is 0. The van der Waals surface area contributed by atoms with Crippen LogP contribution in [0.5, 0.6) is 0 Å². The van der Waals surface area contributed by atoms with Crippen molar-refractivity contribution in [3.8, 4) is 0 Å². The smallest absolute Gasteiger partial charge is 0.130 e. The van der Waals surface area contributed by atoms with Crippen molar-refractivity contribution < 1.29 is 4.79 Å². The molecule has 98 valence electrons. The zero-order chi connectivity index (χ0) is 11.7. The first kappa shape index (κ1) is 18.0. The molecule has 0 bridgehead atoms. The monoisotopic (exact) mass is 229 g/mol. The van der Waals surface area contributed by atoms with E-state index in [0.29, 0.717) is 17.7 Å². The second kappa shape index (κ2) is 11.1. The summed E-state index contributed by atoms with van der Waals surface area (Å²) in [6, 6.07) is 0.401. The van der Waals surface area contributed by atoms with E-state index in [-0.39, 0.29) is 7.43 Å². The van der Waals surface area contributed by atoms with Crippen molar-refractivity contribution in [3.05, 3.63) is 0 Å². The zero-order valence-corrected chi connectivity index (χ0v) is 10.6. The molecule has 1 rings (SSSR count). The van der Waals surface area contributed by atoms with E-state index in [0.717, 1.165) is 32.1 Å². The van der Waals surface area contributed by atoms with Crippen LogP contribution in [0.4, 0.5) is 0 Å². The highest BCUT2D eigenvalue weighted by Crippen LogP contribution is 2.25. The number of nitrogens with two attached hydrogens (primary N) is 1. The maximum atomic E-state index is 10.8. The molecule has 0 aliphatic heterocycles. The van der Waals surface area contributed by atoms with Crippen LogP contribution in [-0.2, 0) is 4.79 Å². The summed E-state index contributed by atoms with van der Waals surface area (Å²) in [5, 5.41) is 0. The summed E-state index contributed by atoms with van der Waals surface area (Å²) in [4.78, 5) is 10.8. The van der Waals surface area contributed by atoms with Crippen molar-refractivity contribution in [2.45, 2.75) is 79.2 Å². The number of rotatable bonds is 3. The third-order valence-electron chi connectivity index (χ3n) is 2.97. The lowest BCUT2D eigenvalue weighted by Crippen LogP contribution is -2.27. The van der Waals surface area contributed by atoms with Gasteiger partial charge in [0.2, 0.25) is 0 Å². The van der Waals surface area contributed by atoms with Crippen LogP contribution in [0.1, 0.15) is 73.1 Å². The number of hydrogen-bond donors (Lipinski definition) is 1. The van der Waals surface area contributed by atoms with Gasteiger partial charge in [0.25, 0.3) is 0 Å². The minimum absolute atomic E-state index is 0. The molecular formula is C14H31NO. The fourth-order valence-corrected chi connectivity index (χ4v) is 1.80. The van der Waals surface area contributed by atoms with E-state index in [2.05, 4.69) is 13.8 Å². The summed E-state index contributed by atoms with van der Waals surface area (Å²) in [5.41, 5.74) is 5.74. The van der Waals surface area contributed by atoms with Crippen LogP contribution in [0.25, 0.3) is 0 Å². The van der Waals surface area contributed by atoms with Gasteiger partial charge in [-0.25, -0.2) is 0 Å². The average Bonchev–Trinajstić information content (AvgIpc) is 2.21. The van der Waals surface area contributed by atoms with Crippen LogP contribution in [0.3, 0.4) is 0 Å². The van der Waals surface area contributed by atoms with Gasteiger partial charge in [-0.3, -0.25) is 0 Å². The van der Waals surface area contributed by atoms with Crippen molar-refractivity contribution in [2.24, 2.45) is 11.7 Å². The second-order valence-corrected chi connectivity index (χ2v) is 4.69. The molecular weight excluding hydrogens is 198 g/mol. The van der Waals surface area contributed by atoms with Crippen molar-refractivity contribution in [1.82, 2.24) is 0 Å². The molecule has 0 saturated heterocycles. The molecule has 2 heteroatoms. The van der Waals surface area contributed by atoms with E-state index < -0.39 is 0 Å². The molecule has 1 aliphatic rings. The molecule has 0 radical (unpaired) electrons. The molecule has 1 fully saturated rings. The standard InChI is InChI=1S/C9H17NO.C4H10.CH4/c1-7(11)6-8-2-4-9(10)5-3-8;1-3-4-2;/h8-9H,2-6,10H2,1H3;3-4H2,1-2H3;1H4. The van der Waals surface area contributed by atoms with E-state index in [1.165, 1.54) is 12.8 Å². The van der Waals surface area contributed by atoms with Gasteiger partial charge in [0.15, 0.2) is 0 Å². The Morgan fingerprint density at radius 1 is 1.12 bits per heavy atom. The third kappa shape index (κ3) is 10.2. The van der Waals surface area contributed by atoms with Gasteiger partial charge >= 0.3 is 0 Å². The molecule has 0 unspecified atom stereocenters. The van der Waals surface area contributed by atoms with Gasteiger partial charge in [-0.15, -0.1) is 0 Å². The van der Waals surface area contributed by atoms with Gasteiger partial charge in [0, 0.05) is 12.5 Å². The molecule has 0 aromatic heterocycles. The lowest BCUT2D eigenvalue weighted by Gasteiger charge is -2.24. The first-order chi connectivity index (χ1) is 7.10. The fourth-order valence-electron chi connectivity index (χ4n) is 1.80. The third-order valence-corrected chi connectivity index (χ3v) is 2.97. The molecule has 2 N–H and O–H groups in total. The van der Waals surface area contributed by atoms with Crippen molar-refractivity contribution in [1.29, 1.82) is 0 Å². The molecule has 2 nitrogen and oxygen atoms in total. The first-order valence-corrected chi connectivity index (χ1v) is 6.35. The van der Waals surface area contributed by atoms with E-state index in [1.807, 2.05) is 0 Å². The number of carbonyl (C=O) groups is 1. The van der Waals surface area contributed by atoms with Crippen LogP contribution < -0.4 is 5.73 Å². The molecule has 0 aromatic rings. The van der Waals surface area contributed by atoms with E-state index in [4.69, 9.17) is 5.73 Å². The molecule has 0 atom stereocenters. The Morgan fingerprint density at radius 2 is 1.56 bits per heavy atom. The summed E-state index contributed by atoms with van der Waals surface area (Å²) < 4.78 is 0. The average molecular weight is 229 g/mol. The predicted octanol–water partition coefficient (Wildman–Crippen LogP) is 3.93. The minimum atomic E-state index is 0. The largest absolute Gasteiger partial charge is 0.328 e. The Morgan fingerprint density at radius 3 is 1.88 bits per heavy atom. The fraction of sp³-hybridized carbons (Fsp3) is 0.929. The number of hydrogen-bond acceptors (Lipinski definition) is 2. The van der Waals surface area contributed by atoms with Crippen molar-refractivity contribution in [3.63, 3.8) is 0 Å². The van der Waals surface area contributed by atoms with Gasteiger partial charge < -0.3 is 10.5 Å². The highest BCUT2D eigenvalue weighted by molar-refractivity contribution is 5.75. The molecule has 0 spiro atoms. The maximum absolute atomic E-state index is 10.8. The highest BCUT2D eigenvalue weighted by atomic mass is 16.1. The number of Topliss-reactive ketones (excluding diaryl/α,β-unsaturated/α-hetero) is 1. The Hall–Kier alpha value is -0.370. The predicted molar refractivity (Wildman–Crippen MR) is 72.5 cm³/mol. The summed E-state index contributed by atoms with van der Waals surface area (Å²) in [5.74, 6) is 0.956. The summed E-state index contributed by atoms with van der Waals surface area (Å²) in [6.45, 7) is 6.04. The van der Waals surface area contributed by atoms with Crippen LogP contribution in [0.15, 0.2) is 0 Å². The topological polar surface area (TPSA) is 43.1 Å². The Balaban J connectivity index is 0. The van der Waals surface area contributed by atoms with Crippen LogP contribution in [0.2, 0.25) is 0 Å². The number of carbonyl (C=O) groups excluding carboxylic acids is 1. The summed E-state index contributed by atoms with van der Waals surface area (Å²) in [6.07, 6.45) is 7.93. The highest BCUT2D eigenvalue weighted by Gasteiger charge is 2.19. The van der Waals surface area contributed by atoms with Gasteiger partial charge in [-0.05, 0) is 38.5 Å². The molecule has 0 amide bonds.